The minimum absolute atomic E-state index is 0.0250. The lowest BCUT2D eigenvalue weighted by molar-refractivity contribution is -0.0720. The van der Waals surface area contributed by atoms with Crippen LogP contribution in [0.5, 0.6) is 0 Å². The molecule has 3 atom stereocenters. The maximum atomic E-state index is 6.27. The summed E-state index contributed by atoms with van der Waals surface area (Å²) >= 11 is 0. The molecule has 3 aromatic rings. The summed E-state index contributed by atoms with van der Waals surface area (Å²) in [6.45, 7) is 1.64. The zero-order chi connectivity index (χ0) is 19.0. The molecule has 0 unspecified atom stereocenters. The maximum Gasteiger partial charge on any atom is 0.108 e. The van der Waals surface area contributed by atoms with E-state index in [1.807, 2.05) is 54.6 Å². The van der Waals surface area contributed by atoms with E-state index in [2.05, 4.69) is 29.2 Å². The molecule has 1 saturated heterocycles. The summed E-state index contributed by atoms with van der Waals surface area (Å²) in [5.74, 6) is 0. The summed E-state index contributed by atoms with van der Waals surface area (Å²) in [7, 11) is 0. The van der Waals surface area contributed by atoms with E-state index in [1.54, 1.807) is 6.20 Å². The van der Waals surface area contributed by atoms with E-state index in [4.69, 9.17) is 14.2 Å². The number of ether oxygens (including phenoxy) is 3. The van der Waals surface area contributed by atoms with Gasteiger partial charge < -0.3 is 14.2 Å². The second-order valence-electron chi connectivity index (χ2n) is 6.99. The summed E-state index contributed by atoms with van der Waals surface area (Å²) in [6.07, 6.45) is 2.38. The van der Waals surface area contributed by atoms with Gasteiger partial charge in [-0.15, -0.1) is 0 Å². The SMILES string of the molecule is c1ccc(COC[C@H]2O[C@@H](c3ccccn3)C[C@@H]2OCc2ccccc2)cc1. The number of hydrogen-bond donors (Lipinski definition) is 0. The number of pyridine rings is 1. The zero-order valence-corrected chi connectivity index (χ0v) is 15.8. The topological polar surface area (TPSA) is 40.6 Å². The first-order valence-electron chi connectivity index (χ1n) is 9.72. The van der Waals surface area contributed by atoms with Crippen molar-refractivity contribution in [1.82, 2.24) is 4.98 Å². The molecule has 1 fully saturated rings. The fraction of sp³-hybridized carbons (Fsp3) is 0.292. The Bertz CT molecular complexity index is 826. The van der Waals surface area contributed by atoms with Crippen LogP contribution in [0.4, 0.5) is 0 Å². The molecular weight excluding hydrogens is 350 g/mol. The Morgan fingerprint density at radius 2 is 1.50 bits per heavy atom. The predicted molar refractivity (Wildman–Crippen MR) is 108 cm³/mol. The number of hydrogen-bond acceptors (Lipinski definition) is 4. The van der Waals surface area contributed by atoms with Crippen molar-refractivity contribution in [2.24, 2.45) is 0 Å². The largest absolute Gasteiger partial charge is 0.374 e. The molecule has 0 amide bonds. The highest BCUT2D eigenvalue weighted by Gasteiger charge is 2.37. The van der Waals surface area contributed by atoms with E-state index in [0.717, 1.165) is 23.2 Å². The average Bonchev–Trinajstić information content (AvgIpc) is 3.17. The number of nitrogens with zero attached hydrogens (tertiary/aromatic N) is 1. The molecular formula is C24H25NO3. The van der Waals surface area contributed by atoms with Gasteiger partial charge in [0.25, 0.3) is 0 Å². The summed E-state index contributed by atoms with van der Waals surface area (Å²) in [5, 5.41) is 0. The molecule has 0 radical (unpaired) electrons. The van der Waals surface area contributed by atoms with E-state index in [1.165, 1.54) is 0 Å². The normalized spacial score (nSPS) is 21.6. The van der Waals surface area contributed by atoms with E-state index in [0.29, 0.717) is 19.8 Å². The smallest absolute Gasteiger partial charge is 0.108 e. The fourth-order valence-electron chi connectivity index (χ4n) is 3.44. The van der Waals surface area contributed by atoms with Gasteiger partial charge in [-0.25, -0.2) is 0 Å². The summed E-state index contributed by atoms with van der Waals surface area (Å²) < 4.78 is 18.4. The van der Waals surface area contributed by atoms with Gasteiger partial charge in [-0.1, -0.05) is 66.7 Å². The van der Waals surface area contributed by atoms with Gasteiger partial charge in [0.1, 0.15) is 12.2 Å². The van der Waals surface area contributed by atoms with E-state index in [-0.39, 0.29) is 18.3 Å². The van der Waals surface area contributed by atoms with Gasteiger partial charge in [0.05, 0.1) is 31.6 Å². The monoisotopic (exact) mass is 375 g/mol. The van der Waals surface area contributed by atoms with Crippen LogP contribution in [0.2, 0.25) is 0 Å². The Labute approximate surface area is 166 Å². The molecule has 4 heteroatoms. The highest BCUT2D eigenvalue weighted by molar-refractivity contribution is 5.15. The molecule has 144 valence electrons. The van der Waals surface area contributed by atoms with Crippen molar-refractivity contribution in [3.63, 3.8) is 0 Å². The Morgan fingerprint density at radius 1 is 0.821 bits per heavy atom. The first kappa shape index (κ1) is 18.8. The van der Waals surface area contributed by atoms with Crippen molar-refractivity contribution in [1.29, 1.82) is 0 Å². The van der Waals surface area contributed by atoms with Gasteiger partial charge in [-0.2, -0.15) is 0 Å². The molecule has 1 aliphatic rings. The van der Waals surface area contributed by atoms with E-state index < -0.39 is 0 Å². The highest BCUT2D eigenvalue weighted by atomic mass is 16.6. The van der Waals surface area contributed by atoms with Crippen molar-refractivity contribution in [2.45, 2.75) is 37.9 Å². The third-order valence-electron chi connectivity index (χ3n) is 4.92. The minimum Gasteiger partial charge on any atom is -0.374 e. The van der Waals surface area contributed by atoms with Gasteiger partial charge >= 0.3 is 0 Å². The number of aromatic nitrogens is 1. The van der Waals surface area contributed by atoms with Crippen LogP contribution >= 0.6 is 0 Å². The van der Waals surface area contributed by atoms with Crippen molar-refractivity contribution >= 4 is 0 Å². The number of benzene rings is 2. The minimum atomic E-state index is -0.112. The van der Waals surface area contributed by atoms with Gasteiger partial charge in [-0.05, 0) is 23.3 Å². The van der Waals surface area contributed by atoms with Crippen LogP contribution in [0.3, 0.4) is 0 Å². The standard InChI is InChI=1S/C24H25NO3/c1-3-9-19(10-4-1)16-26-18-24-23(27-17-20-11-5-2-6-12-20)15-22(28-24)21-13-7-8-14-25-21/h1-14,22-24H,15-18H2/t22-,23+,24-/m1/s1. The lowest BCUT2D eigenvalue weighted by Crippen LogP contribution is -2.29. The quantitative estimate of drug-likeness (QED) is 0.571. The van der Waals surface area contributed by atoms with Crippen LogP contribution < -0.4 is 0 Å². The Balaban J connectivity index is 1.38. The van der Waals surface area contributed by atoms with Crippen molar-refractivity contribution < 1.29 is 14.2 Å². The van der Waals surface area contributed by atoms with Crippen LogP contribution in [-0.2, 0) is 27.4 Å². The van der Waals surface area contributed by atoms with Gasteiger partial charge in [0.2, 0.25) is 0 Å². The lowest BCUT2D eigenvalue weighted by Gasteiger charge is -2.19. The van der Waals surface area contributed by atoms with E-state index >= 15 is 0 Å². The molecule has 0 saturated carbocycles. The van der Waals surface area contributed by atoms with Gasteiger partial charge in [0.15, 0.2) is 0 Å². The second kappa shape index (κ2) is 9.60. The fourth-order valence-corrected chi connectivity index (χ4v) is 3.44. The highest BCUT2D eigenvalue weighted by Crippen LogP contribution is 2.34. The van der Waals surface area contributed by atoms with Crippen LogP contribution in [-0.4, -0.2) is 23.8 Å². The lowest BCUT2D eigenvalue weighted by atomic mass is 10.1. The van der Waals surface area contributed by atoms with Gasteiger partial charge in [-0.3, -0.25) is 4.98 Å². The molecule has 0 bridgehead atoms. The van der Waals surface area contributed by atoms with E-state index in [9.17, 15) is 0 Å². The third-order valence-corrected chi connectivity index (χ3v) is 4.92. The molecule has 0 spiro atoms. The van der Waals surface area contributed by atoms with Crippen molar-refractivity contribution in [2.75, 3.05) is 6.61 Å². The molecule has 2 heterocycles. The molecule has 0 N–H and O–H groups in total. The molecule has 4 nitrogen and oxygen atoms in total. The van der Waals surface area contributed by atoms with Crippen LogP contribution in [0.25, 0.3) is 0 Å². The Hall–Kier alpha value is -2.53. The van der Waals surface area contributed by atoms with Crippen LogP contribution in [0.1, 0.15) is 29.3 Å². The molecule has 0 aliphatic carbocycles. The zero-order valence-electron chi connectivity index (χ0n) is 15.8. The van der Waals surface area contributed by atoms with Crippen LogP contribution in [0.15, 0.2) is 85.1 Å². The maximum absolute atomic E-state index is 6.27. The van der Waals surface area contributed by atoms with Gasteiger partial charge in [0, 0.05) is 12.6 Å². The third kappa shape index (κ3) is 5.04. The summed E-state index contributed by atoms with van der Waals surface area (Å²) in [5.41, 5.74) is 3.26. The Morgan fingerprint density at radius 3 is 2.18 bits per heavy atom. The van der Waals surface area contributed by atoms with Crippen molar-refractivity contribution in [3.8, 4) is 0 Å². The Kier molecular flexibility index (Phi) is 6.45. The average molecular weight is 375 g/mol. The number of rotatable bonds is 8. The molecule has 4 rings (SSSR count). The van der Waals surface area contributed by atoms with Crippen molar-refractivity contribution in [3.05, 3.63) is 102 Å². The molecule has 1 aromatic heterocycles. The van der Waals surface area contributed by atoms with Crippen LogP contribution in [0, 0.1) is 0 Å². The summed E-state index contributed by atoms with van der Waals surface area (Å²) in [6, 6.07) is 26.3. The first-order valence-corrected chi connectivity index (χ1v) is 9.72. The molecule has 2 aromatic carbocycles. The molecule has 1 aliphatic heterocycles. The molecule has 28 heavy (non-hydrogen) atoms. The summed E-state index contributed by atoms with van der Waals surface area (Å²) in [4.78, 5) is 4.45. The predicted octanol–water partition coefficient (Wildman–Crippen LogP) is 4.71. The first-order chi connectivity index (χ1) is 13.9. The second-order valence-corrected chi connectivity index (χ2v) is 6.99.